The maximum Gasteiger partial charge on any atom is 0.345 e. The molecule has 2 aromatic carbocycles. The number of phenols is 1. The third-order valence-electron chi connectivity index (χ3n) is 5.91. The van der Waals surface area contributed by atoms with Crippen LogP contribution in [0, 0.1) is 23.0 Å². The number of carbonyl (C=O) groups is 1. The number of benzene rings is 2. The standard InChI is InChI=1S/C27H27F2N5O6/c1-13(2)21(27(36)37)40-22-19(28)25(38-16-6-4-5-15(11-16)24-32-9-10-34(24)3)33-26(20(22)29)39-18-12-14(23(30)31)7-8-17(18)35/h4-8,11-13,21,35H,9-10H2,1-3H3,(H3,30,31)(H,36,37). The molecule has 0 radical (unpaired) electrons. The number of aromatic nitrogens is 1. The Morgan fingerprint density at radius 1 is 1.12 bits per heavy atom. The van der Waals surface area contributed by atoms with E-state index in [4.69, 9.17) is 25.4 Å². The van der Waals surface area contributed by atoms with Crippen molar-refractivity contribution >= 4 is 17.6 Å². The Morgan fingerprint density at radius 2 is 1.82 bits per heavy atom. The lowest BCUT2D eigenvalue weighted by Gasteiger charge is -2.21. The molecule has 0 spiro atoms. The molecule has 1 unspecified atom stereocenters. The van der Waals surface area contributed by atoms with E-state index in [-0.39, 0.29) is 22.9 Å². The quantitative estimate of drug-likeness (QED) is 0.213. The first kappa shape index (κ1) is 28.1. The number of rotatable bonds is 10. The molecule has 5 N–H and O–H groups in total. The van der Waals surface area contributed by atoms with Gasteiger partial charge < -0.3 is 35.1 Å². The van der Waals surface area contributed by atoms with Crippen LogP contribution < -0.4 is 19.9 Å². The van der Waals surface area contributed by atoms with E-state index in [0.29, 0.717) is 17.9 Å². The number of pyridine rings is 1. The Morgan fingerprint density at radius 3 is 2.42 bits per heavy atom. The fraction of sp³-hybridized carbons (Fsp3) is 0.259. The number of hydrogen-bond donors (Lipinski definition) is 4. The summed E-state index contributed by atoms with van der Waals surface area (Å²) in [7, 11) is 1.87. The fourth-order valence-electron chi connectivity index (χ4n) is 3.84. The summed E-state index contributed by atoms with van der Waals surface area (Å²) in [5.74, 6) is -8.10. The lowest BCUT2D eigenvalue weighted by molar-refractivity contribution is -0.147. The molecule has 210 valence electrons. The van der Waals surface area contributed by atoms with Gasteiger partial charge in [-0.15, -0.1) is 0 Å². The molecule has 0 amide bonds. The number of ether oxygens (including phenoxy) is 3. The molecule has 0 bridgehead atoms. The van der Waals surface area contributed by atoms with Gasteiger partial charge in [-0.1, -0.05) is 26.0 Å². The number of phenolic OH excluding ortho intramolecular Hbond substituents is 1. The Labute approximate surface area is 228 Å². The van der Waals surface area contributed by atoms with Gasteiger partial charge >= 0.3 is 5.97 Å². The van der Waals surface area contributed by atoms with Crippen LogP contribution in [-0.4, -0.2) is 64.0 Å². The number of hydrogen-bond acceptors (Lipinski definition) is 9. The summed E-state index contributed by atoms with van der Waals surface area (Å²) in [6.07, 6.45) is -1.62. The zero-order valence-corrected chi connectivity index (χ0v) is 21.8. The molecule has 0 fully saturated rings. The summed E-state index contributed by atoms with van der Waals surface area (Å²) in [6.45, 7) is 4.35. The molecule has 1 atom stereocenters. The van der Waals surface area contributed by atoms with Crippen molar-refractivity contribution in [3.63, 3.8) is 0 Å². The van der Waals surface area contributed by atoms with E-state index in [0.717, 1.165) is 18.7 Å². The van der Waals surface area contributed by atoms with Gasteiger partial charge in [-0.3, -0.25) is 10.4 Å². The number of nitrogens with zero attached hydrogens (tertiary/aromatic N) is 3. The summed E-state index contributed by atoms with van der Waals surface area (Å²) in [5.41, 5.74) is 6.32. The average molecular weight is 556 g/mol. The largest absolute Gasteiger partial charge is 0.504 e. The number of likely N-dealkylation sites (N-methyl/N-ethyl adjacent to an activating group) is 1. The SMILES string of the molecule is CC(C)C(Oc1c(F)c(Oc2cccc(C3=NCCN3C)c2)nc(Oc2cc(C(=N)N)ccc2O)c1F)C(=O)O. The number of nitrogens with two attached hydrogens (primary N) is 1. The molecule has 1 aliphatic rings. The molecule has 1 aromatic heterocycles. The lowest BCUT2D eigenvalue weighted by atomic mass is 10.1. The summed E-state index contributed by atoms with van der Waals surface area (Å²) >= 11 is 0. The van der Waals surface area contributed by atoms with Crippen molar-refractivity contribution in [1.29, 1.82) is 5.41 Å². The second-order valence-electron chi connectivity index (χ2n) is 9.25. The predicted molar refractivity (Wildman–Crippen MR) is 141 cm³/mol. The molecule has 40 heavy (non-hydrogen) atoms. The Balaban J connectivity index is 1.80. The number of halogens is 2. The van der Waals surface area contributed by atoms with Crippen LogP contribution in [0.4, 0.5) is 8.78 Å². The number of nitrogens with one attached hydrogen (secondary N) is 1. The fourth-order valence-corrected chi connectivity index (χ4v) is 3.84. The molecule has 11 nitrogen and oxygen atoms in total. The van der Waals surface area contributed by atoms with E-state index in [1.165, 1.54) is 26.0 Å². The first-order valence-electron chi connectivity index (χ1n) is 12.1. The lowest BCUT2D eigenvalue weighted by Crippen LogP contribution is -2.33. The predicted octanol–water partition coefficient (Wildman–Crippen LogP) is 4.11. The maximum atomic E-state index is 15.6. The van der Waals surface area contributed by atoms with Crippen molar-refractivity contribution in [2.45, 2.75) is 20.0 Å². The van der Waals surface area contributed by atoms with Crippen LogP contribution in [0.5, 0.6) is 34.8 Å². The van der Waals surface area contributed by atoms with Crippen LogP contribution in [0.2, 0.25) is 0 Å². The molecular weight excluding hydrogens is 528 g/mol. The average Bonchev–Trinajstić information content (AvgIpc) is 3.33. The van der Waals surface area contributed by atoms with Crippen molar-refractivity contribution in [3.8, 4) is 34.8 Å². The minimum absolute atomic E-state index is 0.121. The molecule has 3 aromatic rings. The van der Waals surface area contributed by atoms with Gasteiger partial charge in [-0.2, -0.15) is 13.8 Å². The van der Waals surface area contributed by atoms with E-state index in [1.54, 1.807) is 18.2 Å². The Hall–Kier alpha value is -4.94. The second kappa shape index (κ2) is 11.4. The Kier molecular flexibility index (Phi) is 8.03. The van der Waals surface area contributed by atoms with Crippen LogP contribution >= 0.6 is 0 Å². The normalized spacial score (nSPS) is 13.7. The molecule has 0 saturated carbocycles. The van der Waals surface area contributed by atoms with Crippen molar-refractivity contribution in [1.82, 2.24) is 9.88 Å². The first-order valence-corrected chi connectivity index (χ1v) is 12.1. The summed E-state index contributed by atoms with van der Waals surface area (Å²) < 4.78 is 47.5. The zero-order chi connectivity index (χ0) is 29.1. The molecule has 0 saturated heterocycles. The van der Waals surface area contributed by atoms with Crippen molar-refractivity contribution in [3.05, 3.63) is 65.2 Å². The van der Waals surface area contributed by atoms with Gasteiger partial charge in [0.25, 0.3) is 11.8 Å². The zero-order valence-electron chi connectivity index (χ0n) is 21.8. The number of aliphatic carboxylic acids is 1. The van der Waals surface area contributed by atoms with E-state index in [1.807, 2.05) is 11.9 Å². The van der Waals surface area contributed by atoms with E-state index < -0.39 is 52.9 Å². The molecule has 1 aliphatic heterocycles. The van der Waals surface area contributed by atoms with Gasteiger partial charge in [0.2, 0.25) is 17.4 Å². The van der Waals surface area contributed by atoms with Gasteiger partial charge in [-0.25, -0.2) is 4.79 Å². The van der Waals surface area contributed by atoms with E-state index in [2.05, 4.69) is 9.98 Å². The molecule has 13 heteroatoms. The van der Waals surface area contributed by atoms with Crippen LogP contribution in [0.1, 0.15) is 25.0 Å². The molecule has 0 aliphatic carbocycles. The van der Waals surface area contributed by atoms with Crippen molar-refractivity contribution in [2.75, 3.05) is 20.1 Å². The van der Waals surface area contributed by atoms with Crippen LogP contribution in [0.3, 0.4) is 0 Å². The van der Waals surface area contributed by atoms with Crippen molar-refractivity contribution < 1.29 is 38.0 Å². The highest BCUT2D eigenvalue weighted by Gasteiger charge is 2.32. The monoisotopic (exact) mass is 555 g/mol. The highest BCUT2D eigenvalue weighted by molar-refractivity contribution is 6.00. The minimum Gasteiger partial charge on any atom is -0.504 e. The van der Waals surface area contributed by atoms with Gasteiger partial charge in [0.15, 0.2) is 17.6 Å². The third kappa shape index (κ3) is 5.87. The summed E-state index contributed by atoms with van der Waals surface area (Å²) in [4.78, 5) is 21.9. The molecule has 4 rings (SSSR count). The number of carboxylic acid groups (broad SMARTS) is 1. The van der Waals surface area contributed by atoms with Gasteiger partial charge in [0.1, 0.15) is 17.4 Å². The van der Waals surface area contributed by atoms with Crippen LogP contribution in [0.25, 0.3) is 0 Å². The van der Waals surface area contributed by atoms with E-state index in [9.17, 15) is 15.0 Å². The van der Waals surface area contributed by atoms with Crippen LogP contribution in [0.15, 0.2) is 47.5 Å². The Bertz CT molecular complexity index is 1500. The molecule has 2 heterocycles. The van der Waals surface area contributed by atoms with Crippen molar-refractivity contribution in [2.24, 2.45) is 16.6 Å². The van der Waals surface area contributed by atoms with Gasteiger partial charge in [-0.05, 0) is 30.3 Å². The van der Waals surface area contributed by atoms with Gasteiger partial charge in [0, 0.05) is 30.6 Å². The van der Waals surface area contributed by atoms with E-state index >= 15 is 8.78 Å². The maximum absolute atomic E-state index is 15.6. The second-order valence-corrected chi connectivity index (χ2v) is 9.25. The number of nitrogen functional groups attached to an aromatic ring is 1. The van der Waals surface area contributed by atoms with Crippen LogP contribution in [-0.2, 0) is 4.79 Å². The number of amidine groups is 2. The number of aromatic hydroxyl groups is 1. The summed E-state index contributed by atoms with van der Waals surface area (Å²) in [6, 6.07) is 10.2. The third-order valence-corrected chi connectivity index (χ3v) is 5.91. The topological polar surface area (TPSA) is 164 Å². The summed E-state index contributed by atoms with van der Waals surface area (Å²) in [5, 5.41) is 27.4. The smallest absolute Gasteiger partial charge is 0.345 e. The number of aliphatic imine (C=N–C) groups is 1. The first-order chi connectivity index (χ1) is 19.0. The highest BCUT2D eigenvalue weighted by atomic mass is 19.1. The minimum atomic E-state index is -1.62. The highest BCUT2D eigenvalue weighted by Crippen LogP contribution is 2.40. The van der Waals surface area contributed by atoms with Gasteiger partial charge in [0.05, 0.1) is 6.54 Å². The molecular formula is C27H27F2N5O6. The number of carboxylic acids is 1.